The Bertz CT molecular complexity index is 514. The van der Waals surface area contributed by atoms with Gasteiger partial charge in [0.2, 0.25) is 11.8 Å². The number of likely N-dealkylation sites (tertiary alicyclic amines) is 1. The molecule has 1 aliphatic heterocycles. The summed E-state index contributed by atoms with van der Waals surface area (Å²) < 4.78 is 0. The van der Waals surface area contributed by atoms with E-state index in [9.17, 15) is 9.59 Å². The van der Waals surface area contributed by atoms with Crippen LogP contribution in [0.25, 0.3) is 0 Å². The lowest BCUT2D eigenvalue weighted by Crippen LogP contribution is -2.50. The van der Waals surface area contributed by atoms with E-state index in [0.717, 1.165) is 37.2 Å². The number of carbonyl (C=O) groups is 2. The average Bonchev–Trinajstić information content (AvgIpc) is 2.91. The highest BCUT2D eigenvalue weighted by Crippen LogP contribution is 2.18. The minimum Gasteiger partial charge on any atom is -0.354 e. The van der Waals surface area contributed by atoms with E-state index in [1.54, 1.807) is 0 Å². The molecule has 0 saturated carbocycles. The molecule has 7 nitrogen and oxygen atoms in total. The molecular formula is C15H25N5O2. The van der Waals surface area contributed by atoms with Crippen LogP contribution in [0.2, 0.25) is 0 Å². The minimum absolute atomic E-state index is 0.0524. The molecule has 1 aliphatic rings. The van der Waals surface area contributed by atoms with Crippen LogP contribution in [-0.2, 0) is 16.0 Å². The second-order valence-electron chi connectivity index (χ2n) is 5.80. The molecule has 0 aliphatic carbocycles. The average molecular weight is 307 g/mol. The standard InChI is InChI=1S/C15H25N5O2/c1-11-8-12(19-18-11)9-15(22)20-7-3-2-4-13(20)10-17-14(21)5-6-16/h8,13H,2-7,9-10,16H2,1H3,(H,17,21)(H,18,19). The van der Waals surface area contributed by atoms with Gasteiger partial charge in [-0.15, -0.1) is 0 Å². The van der Waals surface area contributed by atoms with Gasteiger partial charge >= 0.3 is 0 Å². The number of aromatic nitrogens is 2. The Kier molecular flexibility index (Phi) is 5.94. The zero-order valence-corrected chi connectivity index (χ0v) is 13.1. The first-order valence-electron chi connectivity index (χ1n) is 7.87. The summed E-state index contributed by atoms with van der Waals surface area (Å²) in [5, 5.41) is 9.84. The number of rotatable bonds is 6. The molecule has 122 valence electrons. The monoisotopic (exact) mass is 307 g/mol. The fraction of sp³-hybridized carbons (Fsp3) is 0.667. The molecule has 0 radical (unpaired) electrons. The van der Waals surface area contributed by atoms with E-state index in [4.69, 9.17) is 5.73 Å². The molecule has 1 atom stereocenters. The first kappa shape index (κ1) is 16.5. The largest absolute Gasteiger partial charge is 0.354 e. The molecule has 0 aromatic carbocycles. The normalized spacial score (nSPS) is 18.3. The Morgan fingerprint density at radius 3 is 3.00 bits per heavy atom. The Labute approximate surface area is 130 Å². The lowest BCUT2D eigenvalue weighted by atomic mass is 10.0. The molecule has 1 fully saturated rings. The van der Waals surface area contributed by atoms with E-state index < -0.39 is 0 Å². The van der Waals surface area contributed by atoms with Crippen LogP contribution in [0.4, 0.5) is 0 Å². The number of nitrogens with one attached hydrogen (secondary N) is 2. The maximum Gasteiger partial charge on any atom is 0.228 e. The number of amides is 2. The van der Waals surface area contributed by atoms with Crippen molar-refractivity contribution in [3.8, 4) is 0 Å². The smallest absolute Gasteiger partial charge is 0.228 e. The Balaban J connectivity index is 1.90. The molecule has 2 heterocycles. The van der Waals surface area contributed by atoms with Crippen LogP contribution in [0.1, 0.15) is 37.1 Å². The summed E-state index contributed by atoms with van der Waals surface area (Å²) in [6.07, 6.45) is 3.65. The zero-order chi connectivity index (χ0) is 15.9. The highest BCUT2D eigenvalue weighted by Gasteiger charge is 2.27. The van der Waals surface area contributed by atoms with E-state index in [-0.39, 0.29) is 17.9 Å². The minimum atomic E-state index is -0.0524. The van der Waals surface area contributed by atoms with Crippen molar-refractivity contribution < 1.29 is 9.59 Å². The summed E-state index contributed by atoms with van der Waals surface area (Å²) in [7, 11) is 0. The van der Waals surface area contributed by atoms with Crippen molar-refractivity contribution >= 4 is 11.8 Å². The van der Waals surface area contributed by atoms with Gasteiger partial charge in [0.05, 0.1) is 12.1 Å². The molecule has 2 amide bonds. The van der Waals surface area contributed by atoms with Crippen LogP contribution < -0.4 is 11.1 Å². The van der Waals surface area contributed by atoms with Crippen LogP contribution in [0, 0.1) is 6.92 Å². The molecule has 0 bridgehead atoms. The Hall–Kier alpha value is -1.89. The highest BCUT2D eigenvalue weighted by molar-refractivity contribution is 5.79. The summed E-state index contributed by atoms with van der Waals surface area (Å²) >= 11 is 0. The van der Waals surface area contributed by atoms with E-state index in [0.29, 0.717) is 25.9 Å². The van der Waals surface area contributed by atoms with Gasteiger partial charge in [0.1, 0.15) is 0 Å². The van der Waals surface area contributed by atoms with Crippen molar-refractivity contribution in [3.05, 3.63) is 17.5 Å². The maximum atomic E-state index is 12.5. The molecule has 1 unspecified atom stereocenters. The molecule has 1 saturated heterocycles. The third-order valence-electron chi connectivity index (χ3n) is 3.95. The number of carbonyl (C=O) groups excluding carboxylic acids is 2. The van der Waals surface area contributed by atoms with Gasteiger partial charge in [0.25, 0.3) is 0 Å². The van der Waals surface area contributed by atoms with E-state index in [2.05, 4.69) is 15.5 Å². The topological polar surface area (TPSA) is 104 Å². The molecule has 7 heteroatoms. The van der Waals surface area contributed by atoms with E-state index in [1.165, 1.54) is 0 Å². The van der Waals surface area contributed by atoms with E-state index >= 15 is 0 Å². The zero-order valence-electron chi connectivity index (χ0n) is 13.1. The third-order valence-corrected chi connectivity index (χ3v) is 3.95. The fourth-order valence-corrected chi connectivity index (χ4v) is 2.81. The third kappa shape index (κ3) is 4.56. The molecule has 1 aromatic heterocycles. The second kappa shape index (κ2) is 7.93. The molecular weight excluding hydrogens is 282 g/mol. The van der Waals surface area contributed by atoms with Crippen LogP contribution in [0.15, 0.2) is 6.07 Å². The number of nitrogens with zero attached hydrogens (tertiary/aromatic N) is 2. The summed E-state index contributed by atoms with van der Waals surface area (Å²) in [5.74, 6) is 0.0210. The fourth-order valence-electron chi connectivity index (χ4n) is 2.81. The van der Waals surface area contributed by atoms with Gasteiger partial charge in [0.15, 0.2) is 0 Å². The van der Waals surface area contributed by atoms with Crippen LogP contribution >= 0.6 is 0 Å². The van der Waals surface area contributed by atoms with Gasteiger partial charge in [-0.25, -0.2) is 0 Å². The first-order chi connectivity index (χ1) is 10.6. The highest BCUT2D eigenvalue weighted by atomic mass is 16.2. The number of hydrogen-bond acceptors (Lipinski definition) is 4. The number of hydrogen-bond donors (Lipinski definition) is 3. The van der Waals surface area contributed by atoms with Gasteiger partial charge in [-0.1, -0.05) is 0 Å². The Morgan fingerprint density at radius 1 is 1.50 bits per heavy atom. The van der Waals surface area contributed by atoms with Crippen molar-refractivity contribution in [2.45, 2.75) is 45.1 Å². The molecule has 0 spiro atoms. The van der Waals surface area contributed by atoms with Gasteiger partial charge in [-0.05, 0) is 32.3 Å². The number of aromatic amines is 1. The molecule has 22 heavy (non-hydrogen) atoms. The van der Waals surface area contributed by atoms with Crippen LogP contribution in [-0.4, -0.2) is 52.6 Å². The van der Waals surface area contributed by atoms with E-state index in [1.807, 2.05) is 17.9 Å². The van der Waals surface area contributed by atoms with Crippen molar-refractivity contribution in [3.63, 3.8) is 0 Å². The lowest BCUT2D eigenvalue weighted by molar-refractivity contribution is -0.134. The summed E-state index contributed by atoms with van der Waals surface area (Å²) in [5.41, 5.74) is 7.08. The lowest BCUT2D eigenvalue weighted by Gasteiger charge is -2.36. The van der Waals surface area contributed by atoms with Crippen molar-refractivity contribution in [2.75, 3.05) is 19.6 Å². The van der Waals surface area contributed by atoms with Gasteiger partial charge in [-0.3, -0.25) is 14.7 Å². The summed E-state index contributed by atoms with van der Waals surface area (Å²) in [6, 6.07) is 1.96. The van der Waals surface area contributed by atoms with Crippen molar-refractivity contribution in [2.24, 2.45) is 5.73 Å². The molecule has 4 N–H and O–H groups in total. The summed E-state index contributed by atoms with van der Waals surface area (Å²) in [6.45, 7) is 3.51. The number of aryl methyl sites for hydroxylation is 1. The van der Waals surface area contributed by atoms with Gasteiger partial charge in [-0.2, -0.15) is 5.10 Å². The SMILES string of the molecule is Cc1cc(CC(=O)N2CCCCC2CNC(=O)CCN)n[nH]1. The van der Waals surface area contributed by atoms with Crippen molar-refractivity contribution in [1.29, 1.82) is 0 Å². The van der Waals surface area contributed by atoms with Gasteiger partial charge < -0.3 is 16.0 Å². The predicted octanol–water partition coefficient (Wildman–Crippen LogP) is 0.107. The Morgan fingerprint density at radius 2 is 2.32 bits per heavy atom. The quantitative estimate of drug-likeness (QED) is 0.693. The van der Waals surface area contributed by atoms with Gasteiger partial charge in [0, 0.05) is 37.8 Å². The summed E-state index contributed by atoms with van der Waals surface area (Å²) in [4.78, 5) is 25.9. The van der Waals surface area contributed by atoms with Crippen molar-refractivity contribution in [1.82, 2.24) is 20.4 Å². The number of nitrogens with two attached hydrogens (primary N) is 1. The number of H-pyrrole nitrogens is 1. The first-order valence-corrected chi connectivity index (χ1v) is 7.87. The predicted molar refractivity (Wildman–Crippen MR) is 83.1 cm³/mol. The maximum absolute atomic E-state index is 12.5. The second-order valence-corrected chi connectivity index (χ2v) is 5.80. The van der Waals surface area contributed by atoms with Crippen LogP contribution in [0.3, 0.4) is 0 Å². The molecule has 2 rings (SSSR count). The molecule has 1 aromatic rings. The number of piperidine rings is 1. The van der Waals surface area contributed by atoms with Crippen LogP contribution in [0.5, 0.6) is 0 Å².